The van der Waals surface area contributed by atoms with Crippen LogP contribution in [0.5, 0.6) is 0 Å². The Morgan fingerprint density at radius 1 is 1.29 bits per heavy atom. The molecule has 1 aromatic rings. The van der Waals surface area contributed by atoms with Crippen LogP contribution in [0, 0.1) is 5.92 Å². The fraction of sp³-hybridized carbons (Fsp3) is 0.857. The third kappa shape index (κ3) is 3.42. The molecule has 5 nitrogen and oxygen atoms in total. The summed E-state index contributed by atoms with van der Waals surface area (Å²) in [5.41, 5.74) is -0.0455. The zero-order valence-electron chi connectivity index (χ0n) is 13.0. The molecule has 0 aliphatic heterocycles. The van der Waals surface area contributed by atoms with Crippen molar-refractivity contribution in [3.8, 4) is 0 Å². The van der Waals surface area contributed by atoms with Crippen molar-refractivity contribution in [1.82, 2.24) is 14.8 Å². The van der Waals surface area contributed by atoms with Crippen molar-refractivity contribution in [2.24, 2.45) is 5.92 Å². The van der Waals surface area contributed by atoms with Crippen LogP contribution in [0.2, 0.25) is 0 Å². The van der Waals surface area contributed by atoms with Gasteiger partial charge in [-0.2, -0.15) is 0 Å². The molecule has 0 radical (unpaired) electrons. The topological polar surface area (TPSA) is 64.8 Å². The van der Waals surface area contributed by atoms with Crippen LogP contribution in [0.4, 0.5) is 0 Å². The average molecular weight is 334 g/mol. The van der Waals surface area contributed by atoms with E-state index < -0.39 is 9.05 Å². The van der Waals surface area contributed by atoms with Gasteiger partial charge in [0.2, 0.25) is 0 Å². The van der Waals surface area contributed by atoms with E-state index in [2.05, 4.69) is 24.0 Å². The van der Waals surface area contributed by atoms with Crippen LogP contribution in [0.3, 0.4) is 0 Å². The van der Waals surface area contributed by atoms with Crippen LogP contribution in [0.15, 0.2) is 5.16 Å². The van der Waals surface area contributed by atoms with Gasteiger partial charge in [-0.1, -0.05) is 33.6 Å². The second-order valence-electron chi connectivity index (χ2n) is 6.48. The van der Waals surface area contributed by atoms with Gasteiger partial charge in [-0.25, -0.2) is 8.42 Å². The van der Waals surface area contributed by atoms with Crippen LogP contribution in [0.25, 0.3) is 0 Å². The van der Waals surface area contributed by atoms with Gasteiger partial charge < -0.3 is 4.57 Å². The van der Waals surface area contributed by atoms with E-state index in [9.17, 15) is 8.42 Å². The lowest BCUT2D eigenvalue weighted by atomic mass is 9.77. The highest BCUT2D eigenvalue weighted by Crippen LogP contribution is 2.45. The molecule has 21 heavy (non-hydrogen) atoms. The van der Waals surface area contributed by atoms with E-state index in [1.54, 1.807) is 4.57 Å². The Morgan fingerprint density at radius 3 is 2.38 bits per heavy atom. The maximum Gasteiger partial charge on any atom is 0.296 e. The van der Waals surface area contributed by atoms with Crippen molar-refractivity contribution in [1.29, 1.82) is 0 Å². The Bertz CT molecular complexity index is 589. The maximum atomic E-state index is 11.7. The quantitative estimate of drug-likeness (QED) is 0.748. The molecule has 120 valence electrons. The molecule has 0 spiro atoms. The maximum absolute atomic E-state index is 11.7. The molecule has 0 N–H and O–H groups in total. The third-order valence-electron chi connectivity index (χ3n) is 4.22. The van der Waals surface area contributed by atoms with Crippen molar-refractivity contribution in [2.45, 2.75) is 76.4 Å². The zero-order chi connectivity index (χ0) is 15.7. The third-order valence-corrected chi connectivity index (χ3v) is 5.37. The second-order valence-corrected chi connectivity index (χ2v) is 8.94. The lowest BCUT2D eigenvalue weighted by Crippen LogP contribution is -2.29. The van der Waals surface area contributed by atoms with Gasteiger partial charge in [-0.15, -0.1) is 10.2 Å². The summed E-state index contributed by atoms with van der Waals surface area (Å²) < 4.78 is 25.2. The van der Waals surface area contributed by atoms with Crippen molar-refractivity contribution in [3.63, 3.8) is 0 Å². The van der Waals surface area contributed by atoms with E-state index in [0.29, 0.717) is 12.5 Å². The van der Waals surface area contributed by atoms with E-state index in [-0.39, 0.29) is 10.6 Å². The highest BCUT2D eigenvalue weighted by molar-refractivity contribution is 8.13. The van der Waals surface area contributed by atoms with Gasteiger partial charge in [0.15, 0.2) is 0 Å². The summed E-state index contributed by atoms with van der Waals surface area (Å²) in [6, 6.07) is 0. The smallest absolute Gasteiger partial charge is 0.296 e. The van der Waals surface area contributed by atoms with E-state index in [1.165, 1.54) is 0 Å². The minimum Gasteiger partial charge on any atom is -0.300 e. The number of hydrogen-bond acceptors (Lipinski definition) is 4. The summed E-state index contributed by atoms with van der Waals surface area (Å²) in [5, 5.41) is 8.05. The van der Waals surface area contributed by atoms with Crippen molar-refractivity contribution >= 4 is 19.7 Å². The molecule has 0 atom stereocenters. The molecule has 0 unspecified atom stereocenters. The first-order valence-corrected chi connectivity index (χ1v) is 9.99. The summed E-state index contributed by atoms with van der Waals surface area (Å²) in [6.07, 6.45) is 6.26. The van der Waals surface area contributed by atoms with Crippen molar-refractivity contribution in [2.75, 3.05) is 0 Å². The number of aromatic nitrogens is 3. The standard InChI is InChI=1S/C14H24ClN3O2S/c1-4-9-18-12(16-17-13(18)21(15,19)20)14(10-11(2)3)7-5-6-8-14/h11H,4-10H2,1-3H3. The van der Waals surface area contributed by atoms with Crippen LogP contribution in [0.1, 0.15) is 65.1 Å². The molecular weight excluding hydrogens is 310 g/mol. The van der Waals surface area contributed by atoms with Gasteiger partial charge in [0, 0.05) is 22.6 Å². The summed E-state index contributed by atoms with van der Waals surface area (Å²) in [5.74, 6) is 1.35. The molecular formula is C14H24ClN3O2S. The average Bonchev–Trinajstić information content (AvgIpc) is 2.95. The minimum atomic E-state index is -3.86. The molecule has 1 aliphatic rings. The SMILES string of the molecule is CCCn1c(C2(CC(C)C)CCCC2)nnc1S(=O)(=O)Cl. The second kappa shape index (κ2) is 6.24. The Balaban J connectivity index is 2.53. The fourth-order valence-corrected chi connectivity index (χ4v) is 4.56. The summed E-state index contributed by atoms with van der Waals surface area (Å²) in [4.78, 5) is 0. The van der Waals surface area contributed by atoms with E-state index in [4.69, 9.17) is 10.7 Å². The number of rotatable bonds is 6. The molecule has 2 rings (SSSR count). The highest BCUT2D eigenvalue weighted by Gasteiger charge is 2.41. The number of halogens is 1. The predicted octanol–water partition coefficient (Wildman–Crippen LogP) is 3.47. The first kappa shape index (κ1) is 16.7. The normalized spacial score (nSPS) is 18.5. The molecule has 7 heteroatoms. The molecule has 0 saturated heterocycles. The Hall–Kier alpha value is -0.620. The summed E-state index contributed by atoms with van der Waals surface area (Å²) >= 11 is 0. The van der Waals surface area contributed by atoms with E-state index >= 15 is 0 Å². The summed E-state index contributed by atoms with van der Waals surface area (Å²) in [6.45, 7) is 6.99. The fourth-order valence-electron chi connectivity index (χ4n) is 3.64. The Labute approximate surface area is 131 Å². The lowest BCUT2D eigenvalue weighted by molar-refractivity contribution is 0.313. The molecule has 1 heterocycles. The van der Waals surface area contributed by atoms with Crippen molar-refractivity contribution in [3.05, 3.63) is 5.82 Å². The molecule has 1 fully saturated rings. The molecule has 1 aromatic heterocycles. The molecule has 1 saturated carbocycles. The summed E-state index contributed by atoms with van der Waals surface area (Å²) in [7, 11) is 1.66. The van der Waals surface area contributed by atoms with Crippen LogP contribution < -0.4 is 0 Å². The van der Waals surface area contributed by atoms with Gasteiger partial charge in [-0.05, 0) is 31.6 Å². The van der Waals surface area contributed by atoms with E-state index in [0.717, 1.165) is 44.3 Å². The van der Waals surface area contributed by atoms with Gasteiger partial charge in [0.25, 0.3) is 14.2 Å². The number of hydrogen-bond donors (Lipinski definition) is 0. The van der Waals surface area contributed by atoms with Gasteiger partial charge in [0.05, 0.1) is 0 Å². The highest BCUT2D eigenvalue weighted by atomic mass is 35.7. The van der Waals surface area contributed by atoms with Gasteiger partial charge in [-0.3, -0.25) is 0 Å². The number of nitrogens with zero attached hydrogens (tertiary/aromatic N) is 3. The first-order valence-electron chi connectivity index (χ1n) is 7.68. The first-order chi connectivity index (χ1) is 9.80. The van der Waals surface area contributed by atoms with Crippen LogP contribution in [-0.2, 0) is 21.0 Å². The zero-order valence-corrected chi connectivity index (χ0v) is 14.5. The van der Waals surface area contributed by atoms with Crippen LogP contribution in [-0.4, -0.2) is 23.2 Å². The lowest BCUT2D eigenvalue weighted by Gasteiger charge is -2.30. The van der Waals surface area contributed by atoms with Gasteiger partial charge in [0.1, 0.15) is 5.82 Å². The van der Waals surface area contributed by atoms with Crippen LogP contribution >= 0.6 is 10.7 Å². The van der Waals surface area contributed by atoms with Crippen molar-refractivity contribution < 1.29 is 8.42 Å². The molecule has 1 aliphatic carbocycles. The minimum absolute atomic E-state index is 0.0455. The van der Waals surface area contributed by atoms with E-state index in [1.807, 2.05) is 6.92 Å². The monoisotopic (exact) mass is 333 g/mol. The molecule has 0 amide bonds. The Morgan fingerprint density at radius 2 is 1.90 bits per heavy atom. The largest absolute Gasteiger partial charge is 0.300 e. The Kier molecular flexibility index (Phi) is 4.98. The molecule has 0 aromatic carbocycles. The van der Waals surface area contributed by atoms with Gasteiger partial charge >= 0.3 is 0 Å². The molecule has 0 bridgehead atoms. The predicted molar refractivity (Wildman–Crippen MR) is 83.0 cm³/mol.